The molecule has 0 spiro atoms. The first kappa shape index (κ1) is 17.7. The Kier molecular flexibility index (Phi) is 6.57. The number of hydrogen-bond acceptors (Lipinski definition) is 2. The highest BCUT2D eigenvalue weighted by Gasteiger charge is 2.05. The van der Waals surface area contributed by atoms with E-state index in [0.29, 0.717) is 11.6 Å². The van der Waals surface area contributed by atoms with E-state index >= 15 is 0 Å². The Morgan fingerprint density at radius 1 is 0.917 bits per heavy atom. The van der Waals surface area contributed by atoms with Gasteiger partial charge in [-0.05, 0) is 35.4 Å². The molecule has 0 bridgehead atoms. The molecule has 0 aliphatic carbocycles. The Morgan fingerprint density at radius 3 is 2.33 bits per heavy atom. The number of urea groups is 1. The maximum Gasteiger partial charge on any atom is 0.315 e. The van der Waals surface area contributed by atoms with Gasteiger partial charge in [-0.25, -0.2) is 9.18 Å². The van der Waals surface area contributed by atoms with Crippen LogP contribution >= 0.6 is 11.6 Å². The third-order valence-corrected chi connectivity index (χ3v) is 3.39. The normalized spacial score (nSPS) is 10.1. The molecule has 0 saturated heterocycles. The van der Waals surface area contributed by atoms with Gasteiger partial charge in [0.1, 0.15) is 5.82 Å². The van der Waals surface area contributed by atoms with Gasteiger partial charge in [-0.15, -0.1) is 0 Å². The van der Waals surface area contributed by atoms with Crippen LogP contribution in [0.4, 0.5) is 9.18 Å². The number of halogens is 2. The van der Waals surface area contributed by atoms with Crippen LogP contribution < -0.4 is 16.0 Å². The Balaban J connectivity index is 1.65. The van der Waals surface area contributed by atoms with E-state index in [-0.39, 0.29) is 24.8 Å². The number of nitrogens with one attached hydrogen (secondary N) is 3. The Morgan fingerprint density at radius 2 is 1.62 bits per heavy atom. The van der Waals surface area contributed by atoms with Crippen molar-refractivity contribution in [2.75, 3.05) is 6.54 Å². The monoisotopic (exact) mass is 349 g/mol. The SMILES string of the molecule is O=C(CNC(=O)NCc1ccc(F)cc1)NCc1cccc(Cl)c1. The van der Waals surface area contributed by atoms with Crippen molar-refractivity contribution in [1.29, 1.82) is 0 Å². The summed E-state index contributed by atoms with van der Waals surface area (Å²) in [6.45, 7) is 0.435. The molecule has 126 valence electrons. The highest BCUT2D eigenvalue weighted by atomic mass is 35.5. The first-order valence-electron chi connectivity index (χ1n) is 7.30. The smallest absolute Gasteiger partial charge is 0.315 e. The summed E-state index contributed by atoms with van der Waals surface area (Å²) in [7, 11) is 0. The van der Waals surface area contributed by atoms with Gasteiger partial charge in [-0.2, -0.15) is 0 Å². The Hall–Kier alpha value is -2.60. The number of rotatable bonds is 6. The van der Waals surface area contributed by atoms with E-state index in [9.17, 15) is 14.0 Å². The molecular weight excluding hydrogens is 333 g/mol. The molecular formula is C17H17ClFN3O2. The van der Waals surface area contributed by atoms with E-state index < -0.39 is 6.03 Å². The fourth-order valence-corrected chi connectivity index (χ4v) is 2.13. The van der Waals surface area contributed by atoms with Crippen LogP contribution in [0.15, 0.2) is 48.5 Å². The van der Waals surface area contributed by atoms with Gasteiger partial charge in [-0.1, -0.05) is 35.9 Å². The van der Waals surface area contributed by atoms with E-state index in [1.54, 1.807) is 30.3 Å². The molecule has 0 saturated carbocycles. The van der Waals surface area contributed by atoms with Crippen molar-refractivity contribution < 1.29 is 14.0 Å². The zero-order valence-electron chi connectivity index (χ0n) is 12.8. The quantitative estimate of drug-likeness (QED) is 0.750. The Bertz CT molecular complexity index is 707. The lowest BCUT2D eigenvalue weighted by Crippen LogP contribution is -2.41. The summed E-state index contributed by atoms with van der Waals surface area (Å²) in [5, 5.41) is 8.31. The molecule has 0 aliphatic heterocycles. The molecule has 0 aromatic heterocycles. The molecule has 2 rings (SSSR count). The van der Waals surface area contributed by atoms with Crippen molar-refractivity contribution in [2.24, 2.45) is 0 Å². The minimum atomic E-state index is -0.475. The van der Waals surface area contributed by atoms with Crippen molar-refractivity contribution in [2.45, 2.75) is 13.1 Å². The largest absolute Gasteiger partial charge is 0.350 e. The minimum absolute atomic E-state index is 0.143. The summed E-state index contributed by atoms with van der Waals surface area (Å²) in [6.07, 6.45) is 0. The molecule has 3 N–H and O–H groups in total. The van der Waals surface area contributed by atoms with Crippen LogP contribution in [0.2, 0.25) is 5.02 Å². The Labute approximate surface area is 144 Å². The van der Waals surface area contributed by atoms with Crippen LogP contribution in [0, 0.1) is 5.82 Å². The summed E-state index contributed by atoms with van der Waals surface area (Å²) < 4.78 is 12.8. The molecule has 5 nitrogen and oxygen atoms in total. The summed E-state index contributed by atoms with van der Waals surface area (Å²) in [4.78, 5) is 23.3. The fourth-order valence-electron chi connectivity index (χ4n) is 1.92. The number of carbonyl (C=O) groups excluding carboxylic acids is 2. The van der Waals surface area contributed by atoms with Crippen molar-refractivity contribution in [3.63, 3.8) is 0 Å². The van der Waals surface area contributed by atoms with Crippen LogP contribution in [0.5, 0.6) is 0 Å². The van der Waals surface area contributed by atoms with Crippen LogP contribution in [0.3, 0.4) is 0 Å². The zero-order chi connectivity index (χ0) is 17.4. The first-order chi connectivity index (χ1) is 11.5. The maximum atomic E-state index is 12.8. The molecule has 2 aromatic carbocycles. The van der Waals surface area contributed by atoms with Gasteiger partial charge in [0, 0.05) is 18.1 Å². The third-order valence-electron chi connectivity index (χ3n) is 3.15. The van der Waals surface area contributed by atoms with Crippen LogP contribution in [0.25, 0.3) is 0 Å². The lowest BCUT2D eigenvalue weighted by Gasteiger charge is -2.09. The molecule has 7 heteroatoms. The molecule has 3 amide bonds. The second-order valence-corrected chi connectivity index (χ2v) is 5.51. The second-order valence-electron chi connectivity index (χ2n) is 5.07. The van der Waals surface area contributed by atoms with Gasteiger partial charge in [-0.3, -0.25) is 4.79 Å². The predicted octanol–water partition coefficient (Wildman–Crippen LogP) is 2.59. The van der Waals surface area contributed by atoms with E-state index in [1.165, 1.54) is 12.1 Å². The van der Waals surface area contributed by atoms with Crippen molar-refractivity contribution in [3.8, 4) is 0 Å². The highest BCUT2D eigenvalue weighted by Crippen LogP contribution is 2.10. The number of benzene rings is 2. The third kappa shape index (κ3) is 6.26. The molecule has 0 heterocycles. The molecule has 0 fully saturated rings. The van der Waals surface area contributed by atoms with Crippen LogP contribution in [0.1, 0.15) is 11.1 Å². The minimum Gasteiger partial charge on any atom is -0.350 e. The topological polar surface area (TPSA) is 70.2 Å². The average molecular weight is 350 g/mol. The number of amides is 3. The zero-order valence-corrected chi connectivity index (χ0v) is 13.6. The summed E-state index contributed by atoms with van der Waals surface area (Å²) in [5.41, 5.74) is 1.63. The van der Waals surface area contributed by atoms with E-state index in [2.05, 4.69) is 16.0 Å². The van der Waals surface area contributed by atoms with Crippen molar-refractivity contribution in [3.05, 3.63) is 70.5 Å². The van der Waals surface area contributed by atoms with Gasteiger partial charge in [0.2, 0.25) is 5.91 Å². The van der Waals surface area contributed by atoms with E-state index in [0.717, 1.165) is 11.1 Å². The molecule has 2 aromatic rings. The molecule has 0 atom stereocenters. The van der Waals surface area contributed by atoms with Gasteiger partial charge in [0.25, 0.3) is 0 Å². The predicted molar refractivity (Wildman–Crippen MR) is 89.9 cm³/mol. The van der Waals surface area contributed by atoms with Crippen molar-refractivity contribution in [1.82, 2.24) is 16.0 Å². The van der Waals surface area contributed by atoms with Gasteiger partial charge >= 0.3 is 6.03 Å². The standard InChI is InChI=1S/C17H17ClFN3O2/c18-14-3-1-2-13(8-14)10-20-16(23)11-22-17(24)21-9-12-4-6-15(19)7-5-12/h1-8H,9-11H2,(H,20,23)(H2,21,22,24). The average Bonchev–Trinajstić information content (AvgIpc) is 2.57. The van der Waals surface area contributed by atoms with Crippen LogP contribution in [-0.4, -0.2) is 18.5 Å². The summed E-state index contributed by atoms with van der Waals surface area (Å²) in [5.74, 6) is -0.647. The highest BCUT2D eigenvalue weighted by molar-refractivity contribution is 6.30. The van der Waals surface area contributed by atoms with Gasteiger partial charge < -0.3 is 16.0 Å². The lowest BCUT2D eigenvalue weighted by atomic mass is 10.2. The molecule has 0 aliphatic rings. The lowest BCUT2D eigenvalue weighted by molar-refractivity contribution is -0.120. The molecule has 0 radical (unpaired) electrons. The second kappa shape index (κ2) is 8.88. The maximum absolute atomic E-state index is 12.8. The van der Waals surface area contributed by atoms with Gasteiger partial charge in [0.05, 0.1) is 6.54 Å². The van der Waals surface area contributed by atoms with E-state index in [1.807, 2.05) is 6.07 Å². The van der Waals surface area contributed by atoms with Crippen LogP contribution in [-0.2, 0) is 17.9 Å². The van der Waals surface area contributed by atoms with E-state index in [4.69, 9.17) is 11.6 Å². The molecule has 24 heavy (non-hydrogen) atoms. The van der Waals surface area contributed by atoms with Crippen molar-refractivity contribution >= 4 is 23.5 Å². The first-order valence-corrected chi connectivity index (χ1v) is 7.68. The fraction of sp³-hybridized carbons (Fsp3) is 0.176. The summed E-state index contributed by atoms with van der Waals surface area (Å²) >= 11 is 5.86. The number of carbonyl (C=O) groups is 2. The van der Waals surface area contributed by atoms with Gasteiger partial charge in [0.15, 0.2) is 0 Å². The number of hydrogen-bond donors (Lipinski definition) is 3. The summed E-state index contributed by atoms with van der Waals surface area (Å²) in [6, 6.07) is 12.5. The molecule has 0 unspecified atom stereocenters.